The Bertz CT molecular complexity index is 1090. The van der Waals surface area contributed by atoms with Gasteiger partial charge in [0.2, 0.25) is 15.9 Å². The molecule has 2 amide bonds. The van der Waals surface area contributed by atoms with Gasteiger partial charge in [-0.25, -0.2) is 13.2 Å². The summed E-state index contributed by atoms with van der Waals surface area (Å²) in [6, 6.07) is 15.5. The van der Waals surface area contributed by atoms with Crippen molar-refractivity contribution >= 4 is 22.0 Å². The van der Waals surface area contributed by atoms with Gasteiger partial charge >= 0.3 is 6.09 Å². The van der Waals surface area contributed by atoms with Gasteiger partial charge in [0.15, 0.2) is 0 Å². The van der Waals surface area contributed by atoms with E-state index < -0.39 is 16.1 Å². The third-order valence-electron chi connectivity index (χ3n) is 5.80. The highest BCUT2D eigenvalue weighted by Gasteiger charge is 2.34. The third kappa shape index (κ3) is 6.21. The normalized spacial score (nSPS) is 18.9. The van der Waals surface area contributed by atoms with Crippen LogP contribution < -0.4 is 5.32 Å². The molecule has 2 aromatic carbocycles. The number of piperidine rings is 1. The Hall–Kier alpha value is -3.17. The van der Waals surface area contributed by atoms with Gasteiger partial charge in [0.1, 0.15) is 0 Å². The molecule has 0 bridgehead atoms. The predicted molar refractivity (Wildman–Crippen MR) is 125 cm³/mol. The van der Waals surface area contributed by atoms with Gasteiger partial charge in [-0.2, -0.15) is 4.31 Å². The maximum Gasteiger partial charge on any atom is 0.407 e. The van der Waals surface area contributed by atoms with Crippen molar-refractivity contribution < 1.29 is 23.1 Å². The zero-order chi connectivity index (χ0) is 24.0. The second-order valence-electron chi connectivity index (χ2n) is 8.22. The fourth-order valence-corrected chi connectivity index (χ4v) is 5.47. The second-order valence-corrected chi connectivity index (χ2v) is 10.2. The van der Waals surface area contributed by atoms with E-state index >= 15 is 0 Å². The molecule has 2 N–H and O–H groups in total. The highest BCUT2D eigenvalue weighted by molar-refractivity contribution is 7.89. The van der Waals surface area contributed by atoms with Crippen molar-refractivity contribution in [3.8, 4) is 0 Å². The summed E-state index contributed by atoms with van der Waals surface area (Å²) >= 11 is 0. The molecule has 0 spiro atoms. The molecule has 0 aliphatic carbocycles. The molecule has 33 heavy (non-hydrogen) atoms. The minimum atomic E-state index is -3.69. The van der Waals surface area contributed by atoms with Crippen molar-refractivity contribution in [2.45, 2.75) is 37.4 Å². The molecule has 1 fully saturated rings. The predicted octanol–water partition coefficient (Wildman–Crippen LogP) is 3.07. The van der Waals surface area contributed by atoms with E-state index in [1.807, 2.05) is 37.3 Å². The maximum atomic E-state index is 13.1. The number of carbonyl (C=O) groups excluding carboxylic acids is 1. The van der Waals surface area contributed by atoms with E-state index in [9.17, 15) is 23.1 Å². The van der Waals surface area contributed by atoms with Crippen molar-refractivity contribution in [2.24, 2.45) is 5.92 Å². The van der Waals surface area contributed by atoms with Crippen molar-refractivity contribution in [3.05, 3.63) is 78.4 Å². The average Bonchev–Trinajstić information content (AvgIpc) is 2.80. The highest BCUT2D eigenvalue weighted by Crippen LogP contribution is 2.24. The van der Waals surface area contributed by atoms with E-state index in [0.29, 0.717) is 25.1 Å². The first-order valence-electron chi connectivity index (χ1n) is 10.7. The summed E-state index contributed by atoms with van der Waals surface area (Å²) in [7, 11) is -3.69. The Kier molecular flexibility index (Phi) is 7.88. The number of amides is 2. The number of carboxylic acid groups (broad SMARTS) is 1. The summed E-state index contributed by atoms with van der Waals surface area (Å²) < 4.78 is 27.7. The lowest BCUT2D eigenvalue weighted by Gasteiger charge is -2.36. The fraction of sp³-hybridized carbons (Fsp3) is 0.333. The van der Waals surface area contributed by atoms with Crippen LogP contribution >= 0.6 is 0 Å². The van der Waals surface area contributed by atoms with E-state index in [0.717, 1.165) is 5.56 Å². The zero-order valence-electron chi connectivity index (χ0n) is 18.6. The summed E-state index contributed by atoms with van der Waals surface area (Å²) in [6.07, 6.45) is 0.685. The number of sulfonamides is 1. The Labute approximate surface area is 194 Å². The summed E-state index contributed by atoms with van der Waals surface area (Å²) in [5, 5.41) is 12.4. The van der Waals surface area contributed by atoms with Crippen LogP contribution in [0, 0.1) is 5.92 Å². The lowest BCUT2D eigenvalue weighted by Crippen LogP contribution is -2.51. The number of nitrogens with one attached hydrogen (secondary N) is 1. The quantitative estimate of drug-likeness (QED) is 0.576. The molecule has 1 saturated heterocycles. The van der Waals surface area contributed by atoms with Gasteiger partial charge < -0.3 is 10.4 Å². The molecule has 176 valence electrons. The van der Waals surface area contributed by atoms with Crippen LogP contribution in [-0.4, -0.2) is 53.9 Å². The third-order valence-corrected chi connectivity index (χ3v) is 7.68. The van der Waals surface area contributed by atoms with Crippen molar-refractivity contribution in [1.82, 2.24) is 14.5 Å². The molecule has 1 aliphatic rings. The monoisotopic (exact) mass is 471 g/mol. The minimum absolute atomic E-state index is 0.0428. The Morgan fingerprint density at radius 3 is 2.27 bits per heavy atom. The van der Waals surface area contributed by atoms with Gasteiger partial charge in [0.25, 0.3) is 0 Å². The van der Waals surface area contributed by atoms with Crippen LogP contribution in [0.1, 0.15) is 24.5 Å². The molecular formula is C24H29N3O5S. The van der Waals surface area contributed by atoms with Gasteiger partial charge in [-0.3, -0.25) is 9.69 Å². The molecule has 0 aromatic heterocycles. The molecule has 1 heterocycles. The maximum absolute atomic E-state index is 13.1. The first-order chi connectivity index (χ1) is 15.7. The highest BCUT2D eigenvalue weighted by atomic mass is 32.2. The zero-order valence-corrected chi connectivity index (χ0v) is 19.4. The van der Waals surface area contributed by atoms with Crippen LogP contribution in [0.25, 0.3) is 0 Å². The topological polar surface area (TPSA) is 107 Å². The lowest BCUT2D eigenvalue weighted by atomic mass is 9.95. The van der Waals surface area contributed by atoms with E-state index in [4.69, 9.17) is 0 Å². The second kappa shape index (κ2) is 10.6. The summed E-state index contributed by atoms with van der Waals surface area (Å²) in [4.78, 5) is 24.7. The van der Waals surface area contributed by atoms with E-state index in [1.54, 1.807) is 12.1 Å². The number of carbonyl (C=O) groups is 2. The van der Waals surface area contributed by atoms with Gasteiger partial charge in [-0.05, 0) is 41.7 Å². The largest absolute Gasteiger partial charge is 0.465 e. The van der Waals surface area contributed by atoms with Gasteiger partial charge in [-0.1, -0.05) is 56.0 Å². The Morgan fingerprint density at radius 1 is 1.12 bits per heavy atom. The van der Waals surface area contributed by atoms with E-state index in [1.165, 1.54) is 27.4 Å². The summed E-state index contributed by atoms with van der Waals surface area (Å²) in [6.45, 7) is 6.35. The van der Waals surface area contributed by atoms with Crippen LogP contribution in [0.5, 0.6) is 0 Å². The van der Waals surface area contributed by atoms with Crippen LogP contribution in [0.4, 0.5) is 4.79 Å². The molecule has 9 heteroatoms. The smallest absolute Gasteiger partial charge is 0.407 e. The molecule has 2 atom stereocenters. The molecule has 0 radical (unpaired) electrons. The Morgan fingerprint density at radius 2 is 1.73 bits per heavy atom. The standard InChI is InChI=1S/C24H29N3O5S/c1-3-23(28)25-22-13-14-27(15-18(22)2)33(31,32)21-11-9-20(10-12-21)17-26(24(29)30)16-19-7-5-4-6-8-19/h3-12,18,22H,1,13-17H2,2H3,(H,25,28)(H,29,30). The van der Waals surface area contributed by atoms with Gasteiger partial charge in [0.05, 0.1) is 4.90 Å². The summed E-state index contributed by atoms with van der Waals surface area (Å²) in [5.41, 5.74) is 1.58. The van der Waals surface area contributed by atoms with Gasteiger partial charge in [-0.15, -0.1) is 0 Å². The average molecular weight is 472 g/mol. The number of nitrogens with zero attached hydrogens (tertiary/aromatic N) is 2. The van der Waals surface area contributed by atoms with Crippen molar-refractivity contribution in [3.63, 3.8) is 0 Å². The first kappa shape index (κ1) is 24.5. The lowest BCUT2D eigenvalue weighted by molar-refractivity contribution is -0.117. The van der Waals surface area contributed by atoms with E-state index in [2.05, 4.69) is 11.9 Å². The van der Waals surface area contributed by atoms with Gasteiger partial charge in [0, 0.05) is 32.2 Å². The molecule has 3 rings (SSSR count). The van der Waals surface area contributed by atoms with Crippen LogP contribution in [0.15, 0.2) is 72.1 Å². The van der Waals surface area contributed by atoms with Crippen molar-refractivity contribution in [1.29, 1.82) is 0 Å². The molecule has 1 aliphatic heterocycles. The molecule has 0 saturated carbocycles. The summed E-state index contributed by atoms with van der Waals surface area (Å²) in [5.74, 6) is -0.305. The van der Waals surface area contributed by atoms with Crippen LogP contribution in [0.3, 0.4) is 0 Å². The molecule has 2 unspecified atom stereocenters. The number of benzene rings is 2. The van der Waals surface area contributed by atoms with Crippen molar-refractivity contribution in [2.75, 3.05) is 13.1 Å². The minimum Gasteiger partial charge on any atom is -0.465 e. The molecule has 2 aromatic rings. The van der Waals surface area contributed by atoms with Crippen LogP contribution in [0.2, 0.25) is 0 Å². The molecule has 8 nitrogen and oxygen atoms in total. The van der Waals surface area contributed by atoms with E-state index in [-0.39, 0.29) is 35.9 Å². The van der Waals surface area contributed by atoms with Crippen LogP contribution in [-0.2, 0) is 27.9 Å². The number of hydrogen-bond donors (Lipinski definition) is 2. The number of hydrogen-bond acceptors (Lipinski definition) is 4. The number of rotatable bonds is 8. The SMILES string of the molecule is C=CC(=O)NC1CCN(S(=O)(=O)c2ccc(CN(Cc3ccccc3)C(=O)O)cc2)CC1C. The Balaban J connectivity index is 1.66. The fourth-order valence-electron chi connectivity index (χ4n) is 3.91. The molecular weight excluding hydrogens is 442 g/mol. The first-order valence-corrected chi connectivity index (χ1v) is 12.2.